The van der Waals surface area contributed by atoms with Crippen molar-refractivity contribution in [3.05, 3.63) is 54.2 Å². The molecule has 2 atom stereocenters. The molecule has 1 amide bonds. The van der Waals surface area contributed by atoms with Crippen molar-refractivity contribution in [2.45, 2.75) is 39.2 Å². The predicted octanol–water partition coefficient (Wildman–Crippen LogP) is 1.75. The Morgan fingerprint density at radius 2 is 1.85 bits per heavy atom. The molecule has 0 spiro atoms. The highest BCUT2D eigenvalue weighted by Crippen LogP contribution is 2.26. The molecule has 5 heteroatoms. The molecule has 1 aromatic carbocycles. The number of pyridine rings is 1. The number of rotatable bonds is 6. The molecule has 0 unspecified atom stereocenters. The third-order valence-electron chi connectivity index (χ3n) is 5.81. The number of benzene rings is 1. The smallest absolute Gasteiger partial charge is 0.282 e. The van der Waals surface area contributed by atoms with E-state index in [4.69, 9.17) is 0 Å². The van der Waals surface area contributed by atoms with Gasteiger partial charge in [0, 0.05) is 11.8 Å². The fourth-order valence-corrected chi connectivity index (χ4v) is 3.74. The van der Waals surface area contributed by atoms with Crippen LogP contribution in [0.25, 0.3) is 0 Å². The van der Waals surface area contributed by atoms with E-state index in [1.807, 2.05) is 37.4 Å². The monoisotopic (exact) mass is 368 g/mol. The Bertz CT molecular complexity index is 741. The summed E-state index contributed by atoms with van der Waals surface area (Å²) in [7, 11) is 0. The van der Waals surface area contributed by atoms with Gasteiger partial charge in [0.1, 0.15) is 26.2 Å². The Morgan fingerprint density at radius 1 is 1.15 bits per heavy atom. The van der Waals surface area contributed by atoms with Gasteiger partial charge in [-0.15, -0.1) is 0 Å². The second-order valence-corrected chi connectivity index (χ2v) is 7.50. The zero-order valence-electron chi connectivity index (χ0n) is 16.7. The number of quaternary nitrogens is 1. The van der Waals surface area contributed by atoms with Crippen LogP contribution in [0.5, 0.6) is 0 Å². The Balaban J connectivity index is 1.59. The Kier molecular flexibility index (Phi) is 6.45. The van der Waals surface area contributed by atoms with Crippen molar-refractivity contribution in [3.8, 4) is 0 Å². The Labute approximate surface area is 162 Å². The number of hydrogen-bond acceptors (Lipinski definition) is 2. The van der Waals surface area contributed by atoms with Gasteiger partial charge in [-0.25, -0.2) is 4.98 Å². The second-order valence-electron chi connectivity index (χ2n) is 7.50. The van der Waals surface area contributed by atoms with Gasteiger partial charge in [-0.2, -0.15) is 0 Å². The van der Waals surface area contributed by atoms with Crippen LogP contribution in [0.2, 0.25) is 0 Å². The fraction of sp³-hybridized carbons (Fsp3) is 0.455. The van der Waals surface area contributed by atoms with Crippen molar-refractivity contribution >= 4 is 17.4 Å². The second kappa shape index (κ2) is 9.00. The number of nitrogens with zero attached hydrogens (tertiary/aromatic N) is 1. The first-order valence-corrected chi connectivity index (χ1v) is 10.1. The van der Waals surface area contributed by atoms with E-state index in [0.29, 0.717) is 5.92 Å². The standard InChI is InChI=1S/C22H30N4O/c1-4-17(2)19-9-5-6-10-20(19)24-22(27)18(3)25-13-15-26(16-14-25)21-11-7-8-12-23-21/h5-12,17-18H,4,13-16H2,1-3H3,(H,24,27)/p+2/t17-,18-/m1/s1. The van der Waals surface area contributed by atoms with Crippen molar-refractivity contribution in [1.82, 2.24) is 0 Å². The van der Waals surface area contributed by atoms with Crippen molar-refractivity contribution < 1.29 is 14.7 Å². The first kappa shape index (κ1) is 19.4. The van der Waals surface area contributed by atoms with Crippen LogP contribution in [0, 0.1) is 0 Å². The molecular weight excluding hydrogens is 336 g/mol. The Morgan fingerprint density at radius 3 is 2.52 bits per heavy atom. The lowest BCUT2D eigenvalue weighted by atomic mass is 9.97. The summed E-state index contributed by atoms with van der Waals surface area (Å²) >= 11 is 0. The van der Waals surface area contributed by atoms with Crippen LogP contribution in [0.1, 0.15) is 38.7 Å². The number of H-pyrrole nitrogens is 1. The van der Waals surface area contributed by atoms with Crippen molar-refractivity contribution in [2.75, 3.05) is 36.4 Å². The number of amides is 1. The SMILES string of the molecule is CC[C@@H](C)c1ccccc1NC(=O)[C@@H](C)[NH+]1CCN(c2cccc[nH+]2)CC1. The number of piperazine rings is 1. The van der Waals surface area contributed by atoms with Gasteiger partial charge < -0.3 is 10.2 Å². The van der Waals surface area contributed by atoms with Gasteiger partial charge in [0.15, 0.2) is 6.04 Å². The number of aromatic amines is 1. The summed E-state index contributed by atoms with van der Waals surface area (Å²) in [5, 5.41) is 3.19. The van der Waals surface area contributed by atoms with E-state index in [1.165, 1.54) is 10.5 Å². The number of anilines is 2. The van der Waals surface area contributed by atoms with E-state index >= 15 is 0 Å². The normalized spacial score (nSPS) is 17.4. The zero-order chi connectivity index (χ0) is 19.2. The summed E-state index contributed by atoms with van der Waals surface area (Å²) in [5.41, 5.74) is 2.18. The first-order valence-electron chi connectivity index (χ1n) is 10.1. The van der Waals surface area contributed by atoms with Gasteiger partial charge in [0.2, 0.25) is 0 Å². The van der Waals surface area contributed by atoms with Crippen LogP contribution in [-0.2, 0) is 4.79 Å². The third kappa shape index (κ3) is 4.66. The molecule has 2 heterocycles. The van der Waals surface area contributed by atoms with E-state index in [9.17, 15) is 4.79 Å². The van der Waals surface area contributed by atoms with Gasteiger partial charge in [-0.05, 0) is 37.0 Å². The summed E-state index contributed by atoms with van der Waals surface area (Å²) in [6.07, 6.45) is 3.02. The van der Waals surface area contributed by atoms with E-state index in [0.717, 1.165) is 44.1 Å². The molecule has 0 saturated carbocycles. The molecule has 3 N–H and O–H groups in total. The molecule has 1 aromatic heterocycles. The lowest BCUT2D eigenvalue weighted by Gasteiger charge is -2.31. The molecule has 3 rings (SSSR count). The minimum absolute atomic E-state index is 0.0584. The molecule has 0 bridgehead atoms. The largest absolute Gasteiger partial charge is 0.321 e. The fourth-order valence-electron chi connectivity index (χ4n) is 3.74. The summed E-state index contributed by atoms with van der Waals surface area (Å²) in [6.45, 7) is 10.3. The van der Waals surface area contributed by atoms with Crippen molar-refractivity contribution in [3.63, 3.8) is 0 Å². The molecule has 1 fully saturated rings. The third-order valence-corrected chi connectivity index (χ3v) is 5.81. The van der Waals surface area contributed by atoms with Gasteiger partial charge in [0.25, 0.3) is 11.7 Å². The van der Waals surface area contributed by atoms with E-state index < -0.39 is 0 Å². The number of carbonyl (C=O) groups is 1. The maximum atomic E-state index is 12.9. The molecule has 2 aromatic rings. The van der Waals surface area contributed by atoms with Gasteiger partial charge in [0.05, 0.1) is 6.20 Å². The molecule has 144 valence electrons. The molecule has 5 nitrogen and oxygen atoms in total. The van der Waals surface area contributed by atoms with Crippen molar-refractivity contribution in [1.29, 1.82) is 0 Å². The highest BCUT2D eigenvalue weighted by molar-refractivity contribution is 5.94. The lowest BCUT2D eigenvalue weighted by molar-refractivity contribution is -0.914. The van der Waals surface area contributed by atoms with Crippen LogP contribution < -0.4 is 20.1 Å². The van der Waals surface area contributed by atoms with Crippen LogP contribution >= 0.6 is 0 Å². The van der Waals surface area contributed by atoms with Gasteiger partial charge in [-0.3, -0.25) is 9.69 Å². The number of nitrogens with one attached hydrogen (secondary N) is 3. The molecule has 27 heavy (non-hydrogen) atoms. The van der Waals surface area contributed by atoms with Crippen LogP contribution in [0.15, 0.2) is 48.7 Å². The van der Waals surface area contributed by atoms with Crippen LogP contribution in [-0.4, -0.2) is 38.1 Å². The molecule has 0 radical (unpaired) electrons. The molecule has 1 aliphatic heterocycles. The number of carbonyl (C=O) groups excluding carboxylic acids is 1. The van der Waals surface area contributed by atoms with Gasteiger partial charge in [-0.1, -0.05) is 38.1 Å². The topological polar surface area (TPSA) is 50.9 Å². The van der Waals surface area contributed by atoms with Gasteiger partial charge >= 0.3 is 0 Å². The van der Waals surface area contributed by atoms with E-state index in [-0.39, 0.29) is 11.9 Å². The average molecular weight is 369 g/mol. The lowest BCUT2D eigenvalue weighted by Crippen LogP contribution is -3.19. The zero-order valence-corrected chi connectivity index (χ0v) is 16.7. The highest BCUT2D eigenvalue weighted by atomic mass is 16.2. The highest BCUT2D eigenvalue weighted by Gasteiger charge is 2.32. The summed E-state index contributed by atoms with van der Waals surface area (Å²) < 4.78 is 0. The van der Waals surface area contributed by atoms with E-state index in [2.05, 4.69) is 47.2 Å². The molecular formula is C22H32N4O+2. The molecule has 0 aliphatic carbocycles. The molecule has 1 saturated heterocycles. The number of para-hydroxylation sites is 1. The number of aromatic nitrogens is 1. The van der Waals surface area contributed by atoms with Crippen LogP contribution in [0.3, 0.4) is 0 Å². The number of hydrogen-bond donors (Lipinski definition) is 2. The predicted molar refractivity (Wildman–Crippen MR) is 109 cm³/mol. The van der Waals surface area contributed by atoms with Crippen LogP contribution in [0.4, 0.5) is 11.5 Å². The quantitative estimate of drug-likeness (QED) is 0.816. The maximum Gasteiger partial charge on any atom is 0.282 e. The Hall–Kier alpha value is -2.40. The summed E-state index contributed by atoms with van der Waals surface area (Å²) in [5.74, 6) is 1.70. The van der Waals surface area contributed by atoms with E-state index in [1.54, 1.807) is 0 Å². The summed E-state index contributed by atoms with van der Waals surface area (Å²) in [6, 6.07) is 14.3. The van der Waals surface area contributed by atoms with Crippen molar-refractivity contribution in [2.24, 2.45) is 0 Å². The molecule has 1 aliphatic rings. The first-order chi connectivity index (χ1) is 13.1. The maximum absolute atomic E-state index is 12.9. The average Bonchev–Trinajstić information content (AvgIpc) is 2.73. The minimum atomic E-state index is -0.0584. The minimum Gasteiger partial charge on any atom is -0.321 e. The summed E-state index contributed by atoms with van der Waals surface area (Å²) in [4.78, 5) is 19.9.